The summed E-state index contributed by atoms with van der Waals surface area (Å²) in [6.45, 7) is 7.38. The van der Waals surface area contributed by atoms with Gasteiger partial charge in [0.2, 0.25) is 0 Å². The molecule has 0 unspecified atom stereocenters. The van der Waals surface area contributed by atoms with Crippen molar-refractivity contribution in [2.45, 2.75) is 32.1 Å². The zero-order valence-corrected chi connectivity index (χ0v) is 15.5. The molecule has 7 heteroatoms. The molecule has 4 nitrogen and oxygen atoms in total. The molecule has 0 aliphatic rings. The second-order valence-electron chi connectivity index (χ2n) is 5.13. The summed E-state index contributed by atoms with van der Waals surface area (Å²) in [6.07, 6.45) is 0.985. The highest BCUT2D eigenvalue weighted by Gasteiger charge is 2.20. The maximum atomic E-state index is 11.6. The van der Waals surface area contributed by atoms with Crippen LogP contribution in [0.1, 0.15) is 25.8 Å². The van der Waals surface area contributed by atoms with Crippen LogP contribution in [0.25, 0.3) is 0 Å². The maximum Gasteiger partial charge on any atom is 0.265 e. The Morgan fingerprint density at radius 2 is 1.90 bits per heavy atom. The minimum absolute atomic E-state index is 0.0294. The molecular formula is C14H20BrClO4S. The SMILES string of the molecule is Cc1cc(Br)cc(S(=O)(=O)Cl)c1OCCOCCC(C)C. The normalized spacial score (nSPS) is 11.9. The molecule has 0 bridgehead atoms. The first kappa shape index (κ1) is 18.7. The molecule has 1 rings (SSSR count). The fourth-order valence-corrected chi connectivity index (χ4v) is 3.47. The third-order valence-corrected chi connectivity index (χ3v) is 4.57. The lowest BCUT2D eigenvalue weighted by Crippen LogP contribution is -2.11. The lowest BCUT2D eigenvalue weighted by molar-refractivity contribution is 0.0914. The zero-order chi connectivity index (χ0) is 16.0. The fourth-order valence-electron chi connectivity index (χ4n) is 1.69. The van der Waals surface area contributed by atoms with Crippen LogP contribution in [0.4, 0.5) is 0 Å². The lowest BCUT2D eigenvalue weighted by atomic mass is 10.1. The number of halogens is 2. The highest BCUT2D eigenvalue weighted by atomic mass is 79.9. The second kappa shape index (κ2) is 8.36. The van der Waals surface area contributed by atoms with Gasteiger partial charge in [-0.25, -0.2) is 8.42 Å². The topological polar surface area (TPSA) is 52.6 Å². The van der Waals surface area contributed by atoms with Crippen molar-refractivity contribution in [1.82, 2.24) is 0 Å². The molecule has 0 fully saturated rings. The van der Waals surface area contributed by atoms with E-state index in [1.165, 1.54) is 6.07 Å². The first-order valence-corrected chi connectivity index (χ1v) is 9.77. The van der Waals surface area contributed by atoms with Gasteiger partial charge in [-0.2, -0.15) is 0 Å². The van der Waals surface area contributed by atoms with Crippen molar-refractivity contribution in [1.29, 1.82) is 0 Å². The molecule has 120 valence electrons. The minimum atomic E-state index is -3.86. The number of hydrogen-bond donors (Lipinski definition) is 0. The fraction of sp³-hybridized carbons (Fsp3) is 0.571. The van der Waals surface area contributed by atoms with Crippen LogP contribution in [-0.4, -0.2) is 28.2 Å². The first-order chi connectivity index (χ1) is 9.71. The Hall–Kier alpha value is -0.300. The van der Waals surface area contributed by atoms with E-state index < -0.39 is 9.05 Å². The van der Waals surface area contributed by atoms with Crippen LogP contribution < -0.4 is 4.74 Å². The van der Waals surface area contributed by atoms with Gasteiger partial charge in [0.1, 0.15) is 17.3 Å². The van der Waals surface area contributed by atoms with E-state index in [4.69, 9.17) is 20.2 Å². The van der Waals surface area contributed by atoms with Crippen LogP contribution in [0.15, 0.2) is 21.5 Å². The summed E-state index contributed by atoms with van der Waals surface area (Å²) in [5, 5.41) is 0. The number of ether oxygens (including phenoxy) is 2. The molecule has 21 heavy (non-hydrogen) atoms. The first-order valence-electron chi connectivity index (χ1n) is 6.67. The zero-order valence-electron chi connectivity index (χ0n) is 12.4. The van der Waals surface area contributed by atoms with Gasteiger partial charge in [0.25, 0.3) is 9.05 Å². The van der Waals surface area contributed by atoms with E-state index >= 15 is 0 Å². The van der Waals surface area contributed by atoms with E-state index in [0.29, 0.717) is 29.2 Å². The molecule has 0 N–H and O–H groups in total. The van der Waals surface area contributed by atoms with Crippen LogP contribution in [0.5, 0.6) is 5.75 Å². The molecule has 1 aromatic carbocycles. The molecule has 0 saturated carbocycles. The predicted molar refractivity (Wildman–Crippen MR) is 87.7 cm³/mol. The summed E-state index contributed by atoms with van der Waals surface area (Å²) in [4.78, 5) is -0.0294. The second-order valence-corrected chi connectivity index (χ2v) is 8.58. The number of hydrogen-bond acceptors (Lipinski definition) is 4. The van der Waals surface area contributed by atoms with Gasteiger partial charge in [0.05, 0.1) is 6.61 Å². The van der Waals surface area contributed by atoms with Gasteiger partial charge in [-0.1, -0.05) is 29.8 Å². The average Bonchev–Trinajstić information content (AvgIpc) is 2.33. The molecule has 0 heterocycles. The van der Waals surface area contributed by atoms with Gasteiger partial charge in [-0.05, 0) is 37.0 Å². The van der Waals surface area contributed by atoms with Crippen molar-refractivity contribution in [2.75, 3.05) is 19.8 Å². The Morgan fingerprint density at radius 1 is 1.24 bits per heavy atom. The highest BCUT2D eigenvalue weighted by molar-refractivity contribution is 9.10. The van der Waals surface area contributed by atoms with Crippen molar-refractivity contribution in [3.8, 4) is 5.75 Å². The van der Waals surface area contributed by atoms with Crippen molar-refractivity contribution in [2.24, 2.45) is 5.92 Å². The van der Waals surface area contributed by atoms with Crippen molar-refractivity contribution >= 4 is 35.7 Å². The molecule has 0 amide bonds. The minimum Gasteiger partial charge on any atom is -0.489 e. The Kier molecular flexibility index (Phi) is 7.47. The molecule has 0 aliphatic carbocycles. The van der Waals surface area contributed by atoms with Gasteiger partial charge in [-0.15, -0.1) is 0 Å². The molecule has 0 atom stereocenters. The average molecular weight is 400 g/mol. The van der Waals surface area contributed by atoms with Gasteiger partial charge in [0.15, 0.2) is 0 Å². The number of rotatable bonds is 8. The third-order valence-electron chi connectivity index (χ3n) is 2.78. The molecule has 1 aromatic rings. The van der Waals surface area contributed by atoms with Gasteiger partial charge < -0.3 is 9.47 Å². The highest BCUT2D eigenvalue weighted by Crippen LogP contribution is 2.33. The smallest absolute Gasteiger partial charge is 0.265 e. The van der Waals surface area contributed by atoms with Gasteiger partial charge >= 0.3 is 0 Å². The van der Waals surface area contributed by atoms with Crippen LogP contribution in [0.3, 0.4) is 0 Å². The van der Waals surface area contributed by atoms with Gasteiger partial charge in [0, 0.05) is 21.8 Å². The summed E-state index contributed by atoms with van der Waals surface area (Å²) < 4.78 is 34.8. The standard InChI is InChI=1S/C14H20BrClO4S/c1-10(2)4-5-19-6-7-20-14-11(3)8-12(15)9-13(14)21(16,17)18/h8-10H,4-7H2,1-3H3. The molecule has 0 spiro atoms. The van der Waals surface area contributed by atoms with Crippen LogP contribution in [0, 0.1) is 12.8 Å². The predicted octanol–water partition coefficient (Wildman–Crippen LogP) is 4.13. The van der Waals surface area contributed by atoms with Gasteiger partial charge in [-0.3, -0.25) is 0 Å². The van der Waals surface area contributed by atoms with E-state index in [9.17, 15) is 8.42 Å². The Morgan fingerprint density at radius 3 is 2.48 bits per heavy atom. The molecular weight excluding hydrogens is 380 g/mol. The van der Waals surface area contributed by atoms with Crippen molar-refractivity contribution in [3.05, 3.63) is 22.2 Å². The third kappa shape index (κ3) is 6.55. The quantitative estimate of drug-likeness (QED) is 0.487. The van der Waals surface area contributed by atoms with E-state index in [2.05, 4.69) is 29.8 Å². The Labute approximate surface area is 139 Å². The summed E-state index contributed by atoms with van der Waals surface area (Å²) in [6, 6.07) is 3.21. The summed E-state index contributed by atoms with van der Waals surface area (Å²) in [5.74, 6) is 0.869. The van der Waals surface area contributed by atoms with Crippen molar-refractivity contribution < 1.29 is 17.9 Å². The van der Waals surface area contributed by atoms with Crippen LogP contribution in [0.2, 0.25) is 0 Å². The molecule has 0 aromatic heterocycles. The summed E-state index contributed by atoms with van der Waals surface area (Å²) in [7, 11) is 1.58. The van der Waals surface area contributed by atoms with Crippen molar-refractivity contribution in [3.63, 3.8) is 0 Å². The van der Waals surface area contributed by atoms with Crippen LogP contribution in [-0.2, 0) is 13.8 Å². The van der Waals surface area contributed by atoms with Crippen LogP contribution >= 0.6 is 26.6 Å². The monoisotopic (exact) mass is 398 g/mol. The van der Waals surface area contributed by atoms with E-state index in [-0.39, 0.29) is 17.3 Å². The van der Waals surface area contributed by atoms with E-state index in [1.54, 1.807) is 13.0 Å². The summed E-state index contributed by atoms with van der Waals surface area (Å²) in [5.41, 5.74) is 0.700. The van der Waals surface area contributed by atoms with E-state index in [1.807, 2.05) is 0 Å². The largest absolute Gasteiger partial charge is 0.489 e. The number of aryl methyl sites for hydroxylation is 1. The van der Waals surface area contributed by atoms with E-state index in [0.717, 1.165) is 6.42 Å². The summed E-state index contributed by atoms with van der Waals surface area (Å²) >= 11 is 3.25. The number of benzene rings is 1. The lowest BCUT2D eigenvalue weighted by Gasteiger charge is -2.13. The Balaban J connectivity index is 2.67. The maximum absolute atomic E-state index is 11.6. The molecule has 0 saturated heterocycles. The Bertz CT molecular complexity index is 573. The molecule has 0 aliphatic heterocycles. The molecule has 0 radical (unpaired) electrons.